The number of nitrogens with zero attached hydrogens (tertiary/aromatic N) is 1. The van der Waals surface area contributed by atoms with Crippen molar-refractivity contribution in [2.24, 2.45) is 5.73 Å². The van der Waals surface area contributed by atoms with Crippen LogP contribution >= 0.6 is 0 Å². The molecule has 3 N–H and O–H groups in total. The van der Waals surface area contributed by atoms with Gasteiger partial charge in [0.05, 0.1) is 0 Å². The first kappa shape index (κ1) is 7.34. The Morgan fingerprint density at radius 2 is 2.40 bits per heavy atom. The summed E-state index contributed by atoms with van der Waals surface area (Å²) in [6, 6.07) is 0.0462. The summed E-state index contributed by atoms with van der Waals surface area (Å²) in [7, 11) is 0. The summed E-state index contributed by atoms with van der Waals surface area (Å²) in [6.45, 7) is 1.14. The molecular formula is C6H12N2O2. The van der Waals surface area contributed by atoms with E-state index in [1.807, 2.05) is 0 Å². The van der Waals surface area contributed by atoms with E-state index in [-0.39, 0.29) is 6.04 Å². The third kappa shape index (κ3) is 1.60. The summed E-state index contributed by atoms with van der Waals surface area (Å²) in [5.74, 6) is 0. The summed E-state index contributed by atoms with van der Waals surface area (Å²) in [5.41, 5.74) is 5.56. The van der Waals surface area contributed by atoms with Gasteiger partial charge in [0.1, 0.15) is 0 Å². The van der Waals surface area contributed by atoms with Crippen molar-refractivity contribution in [2.75, 3.05) is 13.1 Å². The zero-order chi connectivity index (χ0) is 7.56. The van der Waals surface area contributed by atoms with Gasteiger partial charge in [-0.3, -0.25) is 0 Å². The van der Waals surface area contributed by atoms with E-state index in [1.54, 1.807) is 0 Å². The molecule has 1 saturated heterocycles. The molecule has 58 valence electrons. The molecule has 1 rings (SSSR count). The number of carbonyl (C=O) groups is 1. The fourth-order valence-corrected chi connectivity index (χ4v) is 1.18. The zero-order valence-corrected chi connectivity index (χ0v) is 5.79. The maximum atomic E-state index is 10.4. The second-order valence-corrected chi connectivity index (χ2v) is 2.63. The molecule has 0 bridgehead atoms. The molecule has 4 nitrogen and oxygen atoms in total. The van der Waals surface area contributed by atoms with E-state index in [2.05, 4.69) is 0 Å². The lowest BCUT2D eigenvalue weighted by atomic mass is 10.1. The molecule has 1 fully saturated rings. The highest BCUT2D eigenvalue weighted by Gasteiger charge is 2.19. The zero-order valence-electron chi connectivity index (χ0n) is 5.79. The van der Waals surface area contributed by atoms with Crippen LogP contribution < -0.4 is 5.73 Å². The van der Waals surface area contributed by atoms with Gasteiger partial charge in [-0.1, -0.05) is 0 Å². The van der Waals surface area contributed by atoms with Gasteiger partial charge in [0.2, 0.25) is 0 Å². The Morgan fingerprint density at radius 1 is 1.70 bits per heavy atom. The monoisotopic (exact) mass is 144 g/mol. The van der Waals surface area contributed by atoms with Crippen LogP contribution in [0.5, 0.6) is 0 Å². The van der Waals surface area contributed by atoms with E-state index >= 15 is 0 Å². The third-order valence-corrected chi connectivity index (χ3v) is 1.73. The first-order valence-electron chi connectivity index (χ1n) is 3.43. The molecular weight excluding hydrogens is 132 g/mol. The number of amides is 1. The van der Waals surface area contributed by atoms with Crippen molar-refractivity contribution in [1.82, 2.24) is 4.90 Å². The molecule has 0 aliphatic carbocycles. The molecule has 0 aromatic carbocycles. The van der Waals surface area contributed by atoms with E-state index in [0.717, 1.165) is 12.8 Å². The molecule has 4 heteroatoms. The fraction of sp³-hybridized carbons (Fsp3) is 0.833. The number of likely N-dealkylation sites (tertiary alicyclic amines) is 1. The van der Waals surface area contributed by atoms with Crippen molar-refractivity contribution >= 4 is 6.09 Å². The van der Waals surface area contributed by atoms with E-state index in [0.29, 0.717) is 13.1 Å². The minimum absolute atomic E-state index is 0.0462. The van der Waals surface area contributed by atoms with Crippen molar-refractivity contribution in [3.63, 3.8) is 0 Å². The summed E-state index contributed by atoms with van der Waals surface area (Å²) < 4.78 is 0. The summed E-state index contributed by atoms with van der Waals surface area (Å²) in [4.78, 5) is 11.7. The minimum atomic E-state index is -0.852. The maximum Gasteiger partial charge on any atom is 0.407 e. The average Bonchev–Trinajstić information content (AvgIpc) is 1.88. The smallest absolute Gasteiger partial charge is 0.407 e. The highest BCUT2D eigenvalue weighted by atomic mass is 16.4. The molecule has 0 saturated carbocycles. The standard InChI is InChI=1S/C6H12N2O2/c7-5-2-1-3-8(4-5)6(9)10/h5H,1-4,7H2,(H,9,10)/t5-/m1/s1. The van der Waals surface area contributed by atoms with Gasteiger partial charge in [-0.25, -0.2) is 4.79 Å². The number of rotatable bonds is 0. The molecule has 1 aliphatic rings. The van der Waals surface area contributed by atoms with Crippen molar-refractivity contribution < 1.29 is 9.90 Å². The molecule has 0 aromatic heterocycles. The number of piperidine rings is 1. The molecule has 1 aliphatic heterocycles. The molecule has 0 radical (unpaired) electrons. The quantitative estimate of drug-likeness (QED) is 0.506. The lowest BCUT2D eigenvalue weighted by molar-refractivity contribution is 0.131. The Labute approximate surface area is 59.6 Å². The van der Waals surface area contributed by atoms with E-state index in [1.165, 1.54) is 4.90 Å². The van der Waals surface area contributed by atoms with Gasteiger partial charge in [0.25, 0.3) is 0 Å². The number of carboxylic acid groups (broad SMARTS) is 1. The van der Waals surface area contributed by atoms with Crippen LogP contribution in [0.3, 0.4) is 0 Å². The molecule has 10 heavy (non-hydrogen) atoms. The van der Waals surface area contributed by atoms with Crippen LogP contribution in [0.15, 0.2) is 0 Å². The maximum absolute atomic E-state index is 10.4. The van der Waals surface area contributed by atoms with E-state index < -0.39 is 6.09 Å². The Hall–Kier alpha value is -0.770. The van der Waals surface area contributed by atoms with Crippen LogP contribution in [0.25, 0.3) is 0 Å². The van der Waals surface area contributed by atoms with Gasteiger partial charge < -0.3 is 15.7 Å². The average molecular weight is 144 g/mol. The molecule has 1 amide bonds. The van der Waals surface area contributed by atoms with Crippen LogP contribution in [0, 0.1) is 0 Å². The predicted molar refractivity (Wildman–Crippen MR) is 36.8 cm³/mol. The lowest BCUT2D eigenvalue weighted by Gasteiger charge is -2.27. The van der Waals surface area contributed by atoms with Crippen molar-refractivity contribution in [1.29, 1.82) is 0 Å². The second-order valence-electron chi connectivity index (χ2n) is 2.63. The molecule has 0 aromatic rings. The highest BCUT2D eigenvalue weighted by molar-refractivity contribution is 5.65. The summed E-state index contributed by atoms with van der Waals surface area (Å²) >= 11 is 0. The summed E-state index contributed by atoms with van der Waals surface area (Å²) in [6.07, 6.45) is 0.993. The first-order chi connectivity index (χ1) is 4.70. The Bertz CT molecular complexity index is 138. The fourth-order valence-electron chi connectivity index (χ4n) is 1.18. The van der Waals surface area contributed by atoms with Crippen LogP contribution in [0.1, 0.15) is 12.8 Å². The number of hydrogen-bond acceptors (Lipinski definition) is 2. The van der Waals surface area contributed by atoms with Gasteiger partial charge >= 0.3 is 6.09 Å². The van der Waals surface area contributed by atoms with Gasteiger partial charge in [-0.15, -0.1) is 0 Å². The Balaban J connectivity index is 2.39. The molecule has 1 heterocycles. The van der Waals surface area contributed by atoms with Crippen LogP contribution in [0.2, 0.25) is 0 Å². The normalized spacial score (nSPS) is 26.5. The summed E-state index contributed by atoms with van der Waals surface area (Å²) in [5, 5.41) is 8.53. The van der Waals surface area contributed by atoms with Crippen molar-refractivity contribution in [3.05, 3.63) is 0 Å². The van der Waals surface area contributed by atoms with E-state index in [4.69, 9.17) is 10.8 Å². The minimum Gasteiger partial charge on any atom is -0.465 e. The largest absolute Gasteiger partial charge is 0.465 e. The van der Waals surface area contributed by atoms with Crippen molar-refractivity contribution in [2.45, 2.75) is 18.9 Å². The number of nitrogens with two attached hydrogens (primary N) is 1. The first-order valence-corrected chi connectivity index (χ1v) is 3.43. The highest BCUT2D eigenvalue weighted by Crippen LogP contribution is 2.07. The molecule has 0 spiro atoms. The van der Waals surface area contributed by atoms with Crippen LogP contribution in [-0.2, 0) is 0 Å². The second kappa shape index (κ2) is 2.88. The SMILES string of the molecule is N[C@@H]1CCCN(C(=O)O)C1. The third-order valence-electron chi connectivity index (χ3n) is 1.73. The number of hydrogen-bond donors (Lipinski definition) is 2. The topological polar surface area (TPSA) is 66.6 Å². The predicted octanol–water partition coefficient (Wildman–Crippen LogP) is 0.0875. The van der Waals surface area contributed by atoms with Crippen molar-refractivity contribution in [3.8, 4) is 0 Å². The van der Waals surface area contributed by atoms with Gasteiger partial charge in [-0.05, 0) is 12.8 Å². The Kier molecular flexibility index (Phi) is 2.11. The van der Waals surface area contributed by atoms with Crippen LogP contribution in [-0.4, -0.2) is 35.2 Å². The molecule has 1 atom stereocenters. The van der Waals surface area contributed by atoms with Gasteiger partial charge in [-0.2, -0.15) is 0 Å². The Morgan fingerprint density at radius 3 is 2.80 bits per heavy atom. The van der Waals surface area contributed by atoms with Crippen LogP contribution in [0.4, 0.5) is 4.79 Å². The van der Waals surface area contributed by atoms with Gasteiger partial charge in [0, 0.05) is 19.1 Å². The molecule has 0 unspecified atom stereocenters. The van der Waals surface area contributed by atoms with Gasteiger partial charge in [0.15, 0.2) is 0 Å². The lowest BCUT2D eigenvalue weighted by Crippen LogP contribution is -2.45. The van der Waals surface area contributed by atoms with E-state index in [9.17, 15) is 4.79 Å².